The molecule has 6 heteroatoms. The smallest absolute Gasteiger partial charge is 0.223 e. The van der Waals surface area contributed by atoms with Gasteiger partial charge in [0.1, 0.15) is 0 Å². The van der Waals surface area contributed by atoms with E-state index >= 15 is 0 Å². The summed E-state index contributed by atoms with van der Waals surface area (Å²) in [6.45, 7) is 3.85. The standard InChI is InChI=1S/C10H10F3N3/c1-6(2)7-3-4-9-14-8(10(11,12)13)5-16(9)15-7/h3-6H,1-2H3. The van der Waals surface area contributed by atoms with Crippen LogP contribution in [0.5, 0.6) is 0 Å². The molecule has 2 aromatic heterocycles. The van der Waals surface area contributed by atoms with Crippen LogP contribution in [0.2, 0.25) is 0 Å². The van der Waals surface area contributed by atoms with Crippen LogP contribution < -0.4 is 0 Å². The molecular weight excluding hydrogens is 219 g/mol. The Bertz CT molecular complexity index is 513. The Balaban J connectivity index is 2.54. The van der Waals surface area contributed by atoms with Crippen LogP contribution in [0.1, 0.15) is 31.2 Å². The summed E-state index contributed by atoms with van der Waals surface area (Å²) in [5.41, 5.74) is 0.0243. The second-order valence-corrected chi connectivity index (χ2v) is 3.84. The van der Waals surface area contributed by atoms with E-state index < -0.39 is 11.9 Å². The van der Waals surface area contributed by atoms with Crippen molar-refractivity contribution >= 4 is 5.65 Å². The lowest BCUT2D eigenvalue weighted by Crippen LogP contribution is -2.04. The van der Waals surface area contributed by atoms with Crippen molar-refractivity contribution in [3.63, 3.8) is 0 Å². The highest BCUT2D eigenvalue weighted by molar-refractivity contribution is 5.39. The topological polar surface area (TPSA) is 30.2 Å². The monoisotopic (exact) mass is 229 g/mol. The normalized spacial score (nSPS) is 12.6. The van der Waals surface area contributed by atoms with E-state index in [1.807, 2.05) is 13.8 Å². The zero-order chi connectivity index (χ0) is 11.9. The highest BCUT2D eigenvalue weighted by Crippen LogP contribution is 2.28. The number of aromatic nitrogens is 3. The number of imidazole rings is 1. The third kappa shape index (κ3) is 1.87. The average Bonchev–Trinajstić information content (AvgIpc) is 2.58. The van der Waals surface area contributed by atoms with E-state index in [1.54, 1.807) is 6.07 Å². The van der Waals surface area contributed by atoms with Crippen molar-refractivity contribution in [3.05, 3.63) is 29.7 Å². The van der Waals surface area contributed by atoms with Gasteiger partial charge in [-0.25, -0.2) is 9.50 Å². The maximum Gasteiger partial charge on any atom is 0.434 e. The summed E-state index contributed by atoms with van der Waals surface area (Å²) in [5.74, 6) is 0.168. The van der Waals surface area contributed by atoms with Gasteiger partial charge in [-0.1, -0.05) is 13.8 Å². The number of hydrogen-bond acceptors (Lipinski definition) is 2. The van der Waals surface area contributed by atoms with E-state index in [1.165, 1.54) is 6.07 Å². The van der Waals surface area contributed by atoms with Crippen LogP contribution in [0.3, 0.4) is 0 Å². The number of alkyl halides is 3. The first-order chi connectivity index (χ1) is 7.38. The third-order valence-electron chi connectivity index (χ3n) is 2.22. The van der Waals surface area contributed by atoms with Gasteiger partial charge >= 0.3 is 6.18 Å². The summed E-state index contributed by atoms with van der Waals surface area (Å²) in [6, 6.07) is 3.23. The van der Waals surface area contributed by atoms with Crippen LogP contribution in [-0.2, 0) is 6.18 Å². The molecule has 0 aliphatic rings. The minimum Gasteiger partial charge on any atom is -0.223 e. The van der Waals surface area contributed by atoms with Crippen LogP contribution in [0, 0.1) is 0 Å². The quantitative estimate of drug-likeness (QED) is 0.752. The zero-order valence-corrected chi connectivity index (χ0v) is 8.78. The summed E-state index contributed by atoms with van der Waals surface area (Å²) >= 11 is 0. The summed E-state index contributed by atoms with van der Waals surface area (Å²) in [5, 5.41) is 4.06. The third-order valence-corrected chi connectivity index (χ3v) is 2.22. The SMILES string of the molecule is CC(C)c1ccc2nc(C(F)(F)F)cn2n1. The van der Waals surface area contributed by atoms with Gasteiger partial charge in [0.15, 0.2) is 11.3 Å². The van der Waals surface area contributed by atoms with E-state index in [4.69, 9.17) is 0 Å². The van der Waals surface area contributed by atoms with Gasteiger partial charge in [0.25, 0.3) is 0 Å². The molecule has 0 atom stereocenters. The van der Waals surface area contributed by atoms with Gasteiger partial charge in [-0.15, -0.1) is 0 Å². The molecule has 0 amide bonds. The number of halogens is 3. The van der Waals surface area contributed by atoms with Crippen LogP contribution in [0.15, 0.2) is 18.3 Å². The molecule has 0 aliphatic heterocycles. The van der Waals surface area contributed by atoms with Crippen molar-refractivity contribution in [1.29, 1.82) is 0 Å². The van der Waals surface area contributed by atoms with Gasteiger partial charge < -0.3 is 0 Å². The molecule has 0 saturated carbocycles. The van der Waals surface area contributed by atoms with Gasteiger partial charge in [-0.3, -0.25) is 0 Å². The lowest BCUT2D eigenvalue weighted by molar-refractivity contribution is -0.140. The maximum absolute atomic E-state index is 12.4. The molecule has 0 radical (unpaired) electrons. The summed E-state index contributed by atoms with van der Waals surface area (Å²) < 4.78 is 38.3. The van der Waals surface area contributed by atoms with Crippen LogP contribution in [0.25, 0.3) is 5.65 Å². The lowest BCUT2D eigenvalue weighted by Gasteiger charge is -2.03. The fourth-order valence-corrected chi connectivity index (χ4v) is 1.34. The highest BCUT2D eigenvalue weighted by atomic mass is 19.4. The summed E-state index contributed by atoms with van der Waals surface area (Å²) in [7, 11) is 0. The molecular formula is C10H10F3N3. The zero-order valence-electron chi connectivity index (χ0n) is 8.78. The molecule has 2 rings (SSSR count). The van der Waals surface area contributed by atoms with Crippen molar-refractivity contribution in [2.24, 2.45) is 0 Å². The molecule has 2 heterocycles. The van der Waals surface area contributed by atoms with Crippen LogP contribution in [-0.4, -0.2) is 14.6 Å². The van der Waals surface area contributed by atoms with E-state index in [-0.39, 0.29) is 11.6 Å². The molecule has 3 nitrogen and oxygen atoms in total. The Labute approximate surface area is 89.9 Å². The molecule has 16 heavy (non-hydrogen) atoms. The van der Waals surface area contributed by atoms with Gasteiger partial charge in [-0.05, 0) is 18.1 Å². The minimum absolute atomic E-state index is 0.168. The summed E-state index contributed by atoms with van der Waals surface area (Å²) in [6.07, 6.45) is -3.52. The summed E-state index contributed by atoms with van der Waals surface area (Å²) in [4.78, 5) is 3.46. The van der Waals surface area contributed by atoms with E-state index in [2.05, 4.69) is 10.1 Å². The van der Waals surface area contributed by atoms with Gasteiger partial charge in [-0.2, -0.15) is 18.3 Å². The predicted molar refractivity (Wildman–Crippen MR) is 52.1 cm³/mol. The molecule has 0 unspecified atom stereocenters. The first kappa shape index (κ1) is 10.9. The lowest BCUT2D eigenvalue weighted by atomic mass is 10.1. The number of hydrogen-bond donors (Lipinski definition) is 0. The molecule has 0 aromatic carbocycles. The molecule has 0 saturated heterocycles. The Kier molecular flexibility index (Phi) is 2.36. The van der Waals surface area contributed by atoms with Crippen molar-refractivity contribution in [2.45, 2.75) is 25.9 Å². The molecule has 0 bridgehead atoms. The molecule has 0 fully saturated rings. The average molecular weight is 229 g/mol. The largest absolute Gasteiger partial charge is 0.434 e. The Morgan fingerprint density at radius 1 is 1.25 bits per heavy atom. The number of rotatable bonds is 1. The van der Waals surface area contributed by atoms with Crippen LogP contribution >= 0.6 is 0 Å². The predicted octanol–water partition coefficient (Wildman–Crippen LogP) is 2.87. The first-order valence-electron chi connectivity index (χ1n) is 4.81. The molecule has 2 aromatic rings. The second kappa shape index (κ2) is 3.47. The maximum atomic E-state index is 12.4. The van der Waals surface area contributed by atoms with Crippen molar-refractivity contribution in [1.82, 2.24) is 14.6 Å². The molecule has 0 spiro atoms. The van der Waals surface area contributed by atoms with E-state index in [9.17, 15) is 13.2 Å². The fourth-order valence-electron chi connectivity index (χ4n) is 1.34. The van der Waals surface area contributed by atoms with Crippen molar-refractivity contribution < 1.29 is 13.2 Å². The number of nitrogens with zero attached hydrogens (tertiary/aromatic N) is 3. The highest BCUT2D eigenvalue weighted by Gasteiger charge is 2.34. The van der Waals surface area contributed by atoms with E-state index in [0.717, 1.165) is 16.4 Å². The fraction of sp³-hybridized carbons (Fsp3) is 0.400. The van der Waals surface area contributed by atoms with Gasteiger partial charge in [0.05, 0.1) is 11.9 Å². The molecule has 0 N–H and O–H groups in total. The minimum atomic E-state index is -4.42. The van der Waals surface area contributed by atoms with Crippen molar-refractivity contribution in [3.8, 4) is 0 Å². The molecule has 0 aliphatic carbocycles. The molecule has 86 valence electrons. The second-order valence-electron chi connectivity index (χ2n) is 3.84. The Morgan fingerprint density at radius 2 is 1.94 bits per heavy atom. The van der Waals surface area contributed by atoms with Crippen LogP contribution in [0.4, 0.5) is 13.2 Å². The Hall–Kier alpha value is -1.59. The van der Waals surface area contributed by atoms with Gasteiger partial charge in [0.2, 0.25) is 0 Å². The first-order valence-corrected chi connectivity index (χ1v) is 4.81. The van der Waals surface area contributed by atoms with Gasteiger partial charge in [0, 0.05) is 0 Å². The Morgan fingerprint density at radius 3 is 2.50 bits per heavy atom. The van der Waals surface area contributed by atoms with E-state index in [0.29, 0.717) is 0 Å². The number of fused-ring (bicyclic) bond motifs is 1. The van der Waals surface area contributed by atoms with Crippen molar-refractivity contribution in [2.75, 3.05) is 0 Å².